The molecule has 3 heterocycles. The Labute approximate surface area is 208 Å². The van der Waals surface area contributed by atoms with Crippen molar-refractivity contribution in [2.75, 3.05) is 36.0 Å². The summed E-state index contributed by atoms with van der Waals surface area (Å²) in [5.74, 6) is 2.02. The van der Waals surface area contributed by atoms with Gasteiger partial charge in [0.15, 0.2) is 5.82 Å². The quantitative estimate of drug-likeness (QED) is 0.363. The van der Waals surface area contributed by atoms with Crippen molar-refractivity contribution in [3.05, 3.63) is 71.4 Å². The van der Waals surface area contributed by atoms with Crippen LogP contribution in [0.15, 0.2) is 54.6 Å². The highest BCUT2D eigenvalue weighted by Crippen LogP contribution is 2.32. The molecule has 5 rings (SSSR count). The van der Waals surface area contributed by atoms with Crippen molar-refractivity contribution in [3.8, 4) is 11.4 Å². The Bertz CT molecular complexity index is 1380. The molecule has 0 atom stereocenters. The van der Waals surface area contributed by atoms with Crippen LogP contribution < -0.4 is 9.80 Å². The maximum absolute atomic E-state index is 13.2. The second-order valence-corrected chi connectivity index (χ2v) is 10.3. The number of hydrogen-bond acceptors (Lipinski definition) is 5. The molecule has 9 heteroatoms. The molecule has 188 valence electrons. The molecule has 0 amide bonds. The fourth-order valence-electron chi connectivity index (χ4n) is 4.51. The minimum Gasteiger partial charge on any atom is -0.368 e. The van der Waals surface area contributed by atoms with E-state index in [0.29, 0.717) is 43.5 Å². The van der Waals surface area contributed by atoms with E-state index in [0.717, 1.165) is 23.1 Å². The third kappa shape index (κ3) is 4.74. The lowest BCUT2D eigenvalue weighted by Gasteiger charge is -2.37. The molecule has 0 spiro atoms. The number of anilines is 2. The van der Waals surface area contributed by atoms with E-state index in [-0.39, 0.29) is 5.41 Å². The molecule has 6 nitrogen and oxygen atoms in total. The third-order valence-corrected chi connectivity index (χ3v) is 6.57. The van der Waals surface area contributed by atoms with Crippen molar-refractivity contribution in [1.29, 1.82) is 0 Å². The first-order valence-electron chi connectivity index (χ1n) is 12.0. The lowest BCUT2D eigenvalue weighted by Crippen LogP contribution is -2.47. The molecule has 1 aliphatic rings. The van der Waals surface area contributed by atoms with Gasteiger partial charge in [0.2, 0.25) is 0 Å². The van der Waals surface area contributed by atoms with E-state index in [4.69, 9.17) is 5.10 Å². The molecular weight excluding hydrogens is 465 g/mol. The SMILES string of the molecule is Cc1cc(N2CCN(c3cccc(C(F)(F)F)c3)CC2)n2nc(-c3ccc(C(C)(C)C)cc3)nc2n1. The first kappa shape index (κ1) is 24.1. The molecule has 1 aliphatic heterocycles. The van der Waals surface area contributed by atoms with Gasteiger partial charge in [0.25, 0.3) is 5.78 Å². The summed E-state index contributed by atoms with van der Waals surface area (Å²) in [7, 11) is 0. The van der Waals surface area contributed by atoms with Crippen molar-refractivity contribution in [1.82, 2.24) is 19.6 Å². The summed E-state index contributed by atoms with van der Waals surface area (Å²) in [6, 6.07) is 15.8. The molecule has 0 saturated carbocycles. The average Bonchev–Trinajstić information content (AvgIpc) is 3.27. The zero-order valence-electron chi connectivity index (χ0n) is 20.8. The number of benzene rings is 2. The van der Waals surface area contributed by atoms with Gasteiger partial charge in [-0.05, 0) is 36.1 Å². The molecule has 4 aromatic rings. The van der Waals surface area contributed by atoms with E-state index in [1.165, 1.54) is 17.7 Å². The molecule has 2 aromatic carbocycles. The van der Waals surface area contributed by atoms with Gasteiger partial charge in [-0.1, -0.05) is 51.1 Å². The molecule has 36 heavy (non-hydrogen) atoms. The summed E-state index contributed by atoms with van der Waals surface area (Å²) in [6.07, 6.45) is -4.35. The van der Waals surface area contributed by atoms with Crippen LogP contribution >= 0.6 is 0 Å². The van der Waals surface area contributed by atoms with Crippen LogP contribution in [-0.2, 0) is 11.6 Å². The Morgan fingerprint density at radius 3 is 2.08 bits per heavy atom. The number of hydrogen-bond donors (Lipinski definition) is 0. The standard InChI is InChI=1S/C27H29F3N6/c1-18-16-23(35-14-12-34(13-15-35)22-7-5-6-21(17-22)27(28,29)30)36-25(31-18)32-24(33-36)19-8-10-20(11-9-19)26(2,3)4/h5-11,16-17H,12-15H2,1-4H3. The highest BCUT2D eigenvalue weighted by molar-refractivity contribution is 5.60. The van der Waals surface area contributed by atoms with Gasteiger partial charge in [-0.2, -0.15) is 22.7 Å². The number of aryl methyl sites for hydroxylation is 1. The van der Waals surface area contributed by atoms with Gasteiger partial charge < -0.3 is 9.80 Å². The van der Waals surface area contributed by atoms with Crippen molar-refractivity contribution >= 4 is 17.3 Å². The Hall–Kier alpha value is -3.62. The summed E-state index contributed by atoms with van der Waals surface area (Å²) < 4.78 is 41.2. The number of alkyl halides is 3. The van der Waals surface area contributed by atoms with E-state index >= 15 is 0 Å². The molecule has 0 aliphatic carbocycles. The van der Waals surface area contributed by atoms with Crippen LogP contribution in [0.25, 0.3) is 17.2 Å². The monoisotopic (exact) mass is 494 g/mol. The summed E-state index contributed by atoms with van der Waals surface area (Å²) in [6.45, 7) is 10.9. The smallest absolute Gasteiger partial charge is 0.368 e. The predicted octanol–water partition coefficient (Wildman–Crippen LogP) is 5.74. The molecule has 1 fully saturated rings. The highest BCUT2D eigenvalue weighted by atomic mass is 19.4. The van der Waals surface area contributed by atoms with Gasteiger partial charge in [0.05, 0.1) is 5.56 Å². The topological polar surface area (TPSA) is 49.6 Å². The maximum Gasteiger partial charge on any atom is 0.416 e. The Morgan fingerprint density at radius 1 is 0.778 bits per heavy atom. The van der Waals surface area contributed by atoms with Crippen LogP contribution in [0, 0.1) is 6.92 Å². The van der Waals surface area contributed by atoms with Crippen LogP contribution in [-0.4, -0.2) is 45.8 Å². The zero-order valence-corrected chi connectivity index (χ0v) is 20.8. The third-order valence-electron chi connectivity index (χ3n) is 6.57. The van der Waals surface area contributed by atoms with Gasteiger partial charge in [0.1, 0.15) is 5.82 Å². The zero-order chi connectivity index (χ0) is 25.7. The molecule has 1 saturated heterocycles. The summed E-state index contributed by atoms with van der Waals surface area (Å²) in [4.78, 5) is 13.4. The number of halogens is 3. The van der Waals surface area contributed by atoms with Crippen molar-refractivity contribution in [2.24, 2.45) is 0 Å². The van der Waals surface area contributed by atoms with E-state index in [9.17, 15) is 13.2 Å². The largest absolute Gasteiger partial charge is 0.416 e. The van der Waals surface area contributed by atoms with Gasteiger partial charge in [0, 0.05) is 49.2 Å². The lowest BCUT2D eigenvalue weighted by atomic mass is 9.87. The van der Waals surface area contributed by atoms with E-state index < -0.39 is 11.7 Å². The normalized spacial score (nSPS) is 15.1. The molecule has 0 unspecified atom stereocenters. The molecule has 2 aromatic heterocycles. The average molecular weight is 495 g/mol. The number of nitrogens with zero attached hydrogens (tertiary/aromatic N) is 6. The van der Waals surface area contributed by atoms with Gasteiger partial charge in [-0.25, -0.2) is 4.98 Å². The minimum atomic E-state index is -4.35. The van der Waals surface area contributed by atoms with E-state index in [2.05, 4.69) is 47.8 Å². The van der Waals surface area contributed by atoms with Gasteiger partial charge >= 0.3 is 6.18 Å². The maximum atomic E-state index is 13.2. The van der Waals surface area contributed by atoms with Gasteiger partial charge in [-0.15, -0.1) is 5.10 Å². The fourth-order valence-corrected chi connectivity index (χ4v) is 4.51. The second kappa shape index (κ2) is 8.80. The fraction of sp³-hybridized carbons (Fsp3) is 0.370. The minimum absolute atomic E-state index is 0.0624. The van der Waals surface area contributed by atoms with Crippen LogP contribution in [0.2, 0.25) is 0 Å². The van der Waals surface area contributed by atoms with E-state index in [1.54, 1.807) is 10.6 Å². The van der Waals surface area contributed by atoms with Crippen molar-refractivity contribution < 1.29 is 13.2 Å². The van der Waals surface area contributed by atoms with Crippen LogP contribution in [0.5, 0.6) is 0 Å². The molecular formula is C27H29F3N6. The lowest BCUT2D eigenvalue weighted by molar-refractivity contribution is -0.137. The Morgan fingerprint density at radius 2 is 1.44 bits per heavy atom. The van der Waals surface area contributed by atoms with Gasteiger partial charge in [-0.3, -0.25) is 0 Å². The van der Waals surface area contributed by atoms with Crippen LogP contribution in [0.4, 0.5) is 24.7 Å². The highest BCUT2D eigenvalue weighted by Gasteiger charge is 2.31. The molecule has 0 N–H and O–H groups in total. The summed E-state index contributed by atoms with van der Waals surface area (Å²) in [5.41, 5.74) is 3.02. The first-order valence-corrected chi connectivity index (χ1v) is 12.0. The number of aromatic nitrogens is 4. The van der Waals surface area contributed by atoms with Crippen LogP contribution in [0.1, 0.15) is 37.6 Å². The van der Waals surface area contributed by atoms with Crippen molar-refractivity contribution in [3.63, 3.8) is 0 Å². The van der Waals surface area contributed by atoms with E-state index in [1.807, 2.05) is 30.0 Å². The Kier molecular flexibility index (Phi) is 5.89. The first-order chi connectivity index (χ1) is 17.0. The number of piperazine rings is 1. The number of rotatable bonds is 3. The Balaban J connectivity index is 1.39. The summed E-state index contributed by atoms with van der Waals surface area (Å²) in [5, 5.41) is 4.77. The second-order valence-electron chi connectivity index (χ2n) is 10.3. The molecule has 0 bridgehead atoms. The van der Waals surface area contributed by atoms with Crippen molar-refractivity contribution in [2.45, 2.75) is 39.3 Å². The predicted molar refractivity (Wildman–Crippen MR) is 136 cm³/mol. The molecule has 0 radical (unpaired) electrons. The van der Waals surface area contributed by atoms with Crippen LogP contribution in [0.3, 0.4) is 0 Å². The number of fused-ring (bicyclic) bond motifs is 1. The summed E-state index contributed by atoms with van der Waals surface area (Å²) >= 11 is 0.